The highest BCUT2D eigenvalue weighted by atomic mass is 35.5. The molecule has 0 saturated carbocycles. The molecule has 1 aliphatic heterocycles. The van der Waals surface area contributed by atoms with Crippen molar-refractivity contribution < 1.29 is 9.13 Å². The zero-order valence-electron chi connectivity index (χ0n) is 11.7. The van der Waals surface area contributed by atoms with Gasteiger partial charge >= 0.3 is 0 Å². The Morgan fingerprint density at radius 3 is 2.75 bits per heavy atom. The maximum Gasteiger partial charge on any atom is 0.173 e. The highest BCUT2D eigenvalue weighted by molar-refractivity contribution is 6.32. The summed E-state index contributed by atoms with van der Waals surface area (Å²) in [6, 6.07) is 3.23. The number of nitrogens with one attached hydrogen (secondary N) is 1. The van der Waals surface area contributed by atoms with Crippen molar-refractivity contribution in [3.8, 4) is 5.75 Å². The second-order valence-corrected chi connectivity index (χ2v) is 5.12. The Kier molecular flexibility index (Phi) is 5.40. The first-order valence-electron chi connectivity index (χ1n) is 6.86. The number of benzene rings is 1. The Bertz CT molecular complexity index is 452. The van der Waals surface area contributed by atoms with E-state index in [9.17, 15) is 4.39 Å². The first-order chi connectivity index (χ1) is 9.67. The van der Waals surface area contributed by atoms with Gasteiger partial charge < -0.3 is 10.1 Å². The molecule has 0 radical (unpaired) electrons. The van der Waals surface area contributed by atoms with Gasteiger partial charge in [-0.15, -0.1) is 6.58 Å². The van der Waals surface area contributed by atoms with Crippen molar-refractivity contribution in [2.45, 2.75) is 13.0 Å². The van der Waals surface area contributed by atoms with Gasteiger partial charge in [-0.05, 0) is 24.6 Å². The molecule has 3 nitrogen and oxygen atoms in total. The maximum absolute atomic E-state index is 14.1. The molecule has 0 amide bonds. The summed E-state index contributed by atoms with van der Waals surface area (Å²) in [5.41, 5.74) is 0.813. The number of piperazine rings is 1. The smallest absolute Gasteiger partial charge is 0.173 e. The highest BCUT2D eigenvalue weighted by Gasteiger charge is 2.22. The van der Waals surface area contributed by atoms with Crippen LogP contribution in [-0.4, -0.2) is 37.7 Å². The molecule has 1 aromatic rings. The summed E-state index contributed by atoms with van der Waals surface area (Å²) in [7, 11) is 0. The summed E-state index contributed by atoms with van der Waals surface area (Å²) >= 11 is 6.12. The summed E-state index contributed by atoms with van der Waals surface area (Å²) < 4.78 is 19.3. The van der Waals surface area contributed by atoms with E-state index in [1.807, 2.05) is 6.08 Å². The third kappa shape index (κ3) is 3.32. The van der Waals surface area contributed by atoms with Crippen molar-refractivity contribution in [2.24, 2.45) is 0 Å². The van der Waals surface area contributed by atoms with Gasteiger partial charge in [-0.3, -0.25) is 4.90 Å². The Morgan fingerprint density at radius 2 is 2.20 bits per heavy atom. The molecular weight excluding hydrogens is 279 g/mol. The number of hydrogen-bond donors (Lipinski definition) is 1. The number of ether oxygens (including phenoxy) is 1. The van der Waals surface area contributed by atoms with Gasteiger partial charge in [-0.1, -0.05) is 17.7 Å². The molecule has 0 aliphatic carbocycles. The van der Waals surface area contributed by atoms with E-state index in [1.165, 1.54) is 6.07 Å². The van der Waals surface area contributed by atoms with Crippen LogP contribution >= 0.6 is 11.6 Å². The van der Waals surface area contributed by atoms with E-state index >= 15 is 0 Å². The third-order valence-corrected chi connectivity index (χ3v) is 3.70. The molecule has 20 heavy (non-hydrogen) atoms. The van der Waals surface area contributed by atoms with E-state index in [0.717, 1.165) is 31.7 Å². The lowest BCUT2D eigenvalue weighted by molar-refractivity contribution is 0.203. The molecule has 0 bridgehead atoms. The molecule has 0 spiro atoms. The zero-order chi connectivity index (χ0) is 14.5. The van der Waals surface area contributed by atoms with Gasteiger partial charge in [0, 0.05) is 26.2 Å². The molecule has 110 valence electrons. The largest absolute Gasteiger partial charge is 0.489 e. The lowest BCUT2D eigenvalue weighted by Gasteiger charge is -2.33. The van der Waals surface area contributed by atoms with Crippen molar-refractivity contribution in [3.05, 3.63) is 41.2 Å². The van der Waals surface area contributed by atoms with E-state index in [4.69, 9.17) is 16.3 Å². The molecule has 0 unspecified atom stereocenters. The standard InChI is InChI=1S/C15H20ClFN2O/c1-3-14(19-7-5-18-6-8-19)11-9-12(16)15(20-4-2)13(17)10-11/h3,9-10,14,18H,1,4-8H2,2H3/t14-/m0/s1. The summed E-state index contributed by atoms with van der Waals surface area (Å²) in [5.74, 6) is -0.294. The SMILES string of the molecule is C=C[C@@H](c1cc(F)c(OCC)c(Cl)c1)N1CCNCC1. The second kappa shape index (κ2) is 7.07. The summed E-state index contributed by atoms with van der Waals surface area (Å²) in [6.45, 7) is 9.73. The van der Waals surface area contributed by atoms with Gasteiger partial charge in [0.15, 0.2) is 11.6 Å². The number of nitrogens with zero attached hydrogens (tertiary/aromatic N) is 1. The van der Waals surface area contributed by atoms with Gasteiger partial charge in [0.05, 0.1) is 17.7 Å². The summed E-state index contributed by atoms with van der Waals surface area (Å²) in [5, 5.41) is 3.61. The van der Waals surface area contributed by atoms with Crippen LogP contribution in [0.3, 0.4) is 0 Å². The van der Waals surface area contributed by atoms with Gasteiger partial charge in [-0.2, -0.15) is 0 Å². The average Bonchev–Trinajstić information content (AvgIpc) is 2.45. The second-order valence-electron chi connectivity index (χ2n) is 4.71. The fraction of sp³-hybridized carbons (Fsp3) is 0.467. The molecular formula is C15H20ClFN2O. The van der Waals surface area contributed by atoms with Gasteiger partial charge in [-0.25, -0.2) is 4.39 Å². The van der Waals surface area contributed by atoms with Crippen LogP contribution in [0.1, 0.15) is 18.5 Å². The van der Waals surface area contributed by atoms with Crippen LogP contribution < -0.4 is 10.1 Å². The molecule has 0 aromatic heterocycles. The molecule has 1 aromatic carbocycles. The van der Waals surface area contributed by atoms with Crippen molar-refractivity contribution in [2.75, 3.05) is 32.8 Å². The number of halogens is 2. The Balaban J connectivity index is 2.27. The van der Waals surface area contributed by atoms with Crippen LogP contribution in [0.2, 0.25) is 5.02 Å². The van der Waals surface area contributed by atoms with Gasteiger partial charge in [0.25, 0.3) is 0 Å². The fourth-order valence-electron chi connectivity index (χ4n) is 2.49. The third-order valence-electron chi connectivity index (χ3n) is 3.42. The van der Waals surface area contributed by atoms with Crippen LogP contribution in [0.25, 0.3) is 0 Å². The van der Waals surface area contributed by atoms with E-state index in [-0.39, 0.29) is 11.8 Å². The molecule has 2 rings (SSSR count). The average molecular weight is 299 g/mol. The molecule has 1 atom stereocenters. The minimum Gasteiger partial charge on any atom is -0.489 e. The first kappa shape index (κ1) is 15.3. The predicted octanol–water partition coefficient (Wildman–Crippen LogP) is 3.01. The maximum atomic E-state index is 14.1. The number of hydrogen-bond acceptors (Lipinski definition) is 3. The molecule has 5 heteroatoms. The lowest BCUT2D eigenvalue weighted by atomic mass is 10.0. The van der Waals surface area contributed by atoms with E-state index < -0.39 is 5.82 Å². The van der Waals surface area contributed by atoms with E-state index in [1.54, 1.807) is 13.0 Å². The fourth-order valence-corrected chi connectivity index (χ4v) is 2.76. The topological polar surface area (TPSA) is 24.5 Å². The Labute approximate surface area is 124 Å². The van der Waals surface area contributed by atoms with Crippen LogP contribution in [0.15, 0.2) is 24.8 Å². The summed E-state index contributed by atoms with van der Waals surface area (Å²) in [4.78, 5) is 2.26. The summed E-state index contributed by atoms with van der Waals surface area (Å²) in [6.07, 6.45) is 1.83. The van der Waals surface area contributed by atoms with Crippen LogP contribution in [0.5, 0.6) is 5.75 Å². The molecule has 1 aliphatic rings. The quantitative estimate of drug-likeness (QED) is 0.846. The highest BCUT2D eigenvalue weighted by Crippen LogP contribution is 2.33. The minimum absolute atomic E-state index is 0.0280. The molecule has 1 fully saturated rings. The van der Waals surface area contributed by atoms with Crippen molar-refractivity contribution >= 4 is 11.6 Å². The lowest BCUT2D eigenvalue weighted by Crippen LogP contribution is -2.44. The Morgan fingerprint density at radius 1 is 1.50 bits per heavy atom. The van der Waals surface area contributed by atoms with E-state index in [0.29, 0.717) is 11.6 Å². The monoisotopic (exact) mass is 298 g/mol. The molecule has 1 heterocycles. The zero-order valence-corrected chi connectivity index (χ0v) is 12.4. The van der Waals surface area contributed by atoms with Gasteiger partial charge in [0.2, 0.25) is 0 Å². The molecule has 1 N–H and O–H groups in total. The van der Waals surface area contributed by atoms with Crippen molar-refractivity contribution in [1.29, 1.82) is 0 Å². The van der Waals surface area contributed by atoms with Crippen LogP contribution in [0.4, 0.5) is 4.39 Å². The van der Waals surface area contributed by atoms with Crippen molar-refractivity contribution in [1.82, 2.24) is 10.2 Å². The van der Waals surface area contributed by atoms with E-state index in [2.05, 4.69) is 16.8 Å². The molecule has 1 saturated heterocycles. The number of rotatable bonds is 5. The van der Waals surface area contributed by atoms with Gasteiger partial charge in [0.1, 0.15) is 0 Å². The van der Waals surface area contributed by atoms with Crippen LogP contribution in [-0.2, 0) is 0 Å². The predicted molar refractivity (Wildman–Crippen MR) is 80.0 cm³/mol. The van der Waals surface area contributed by atoms with Crippen molar-refractivity contribution in [3.63, 3.8) is 0 Å². The minimum atomic E-state index is -0.420. The first-order valence-corrected chi connectivity index (χ1v) is 7.24. The normalized spacial score (nSPS) is 17.8. The Hall–Kier alpha value is -1.10. The van der Waals surface area contributed by atoms with Crippen LogP contribution in [0, 0.1) is 5.82 Å².